The average molecular weight is 474 g/mol. The molecule has 0 radical (unpaired) electrons. The molecule has 11 heteroatoms. The van der Waals surface area contributed by atoms with Crippen LogP contribution in [-0.4, -0.2) is 21.5 Å². The Balaban J connectivity index is 2.19. The van der Waals surface area contributed by atoms with E-state index in [1.807, 2.05) is 5.32 Å². The standard InChI is InChI=1S/C21H17ClF5N3O2/c1-20(2,3)32-19(31)29-16-10-28-30(18(16)21(25,26)27)17-14(8-13(23)9-15(17)24)11-4-6-12(22)7-5-11/h4-10H,1-3H3,(H,29,31). The van der Waals surface area contributed by atoms with Crippen molar-refractivity contribution in [1.29, 1.82) is 0 Å². The van der Waals surface area contributed by atoms with Crippen LogP contribution >= 0.6 is 11.6 Å². The zero-order valence-electron chi connectivity index (χ0n) is 17.0. The van der Waals surface area contributed by atoms with E-state index in [9.17, 15) is 26.7 Å². The van der Waals surface area contributed by atoms with Crippen molar-refractivity contribution in [3.63, 3.8) is 0 Å². The molecular weight excluding hydrogens is 457 g/mol. The van der Waals surface area contributed by atoms with Crippen molar-refractivity contribution in [3.05, 3.63) is 64.9 Å². The molecule has 0 aliphatic rings. The summed E-state index contributed by atoms with van der Waals surface area (Å²) in [4.78, 5) is 12.0. The van der Waals surface area contributed by atoms with Gasteiger partial charge in [-0.25, -0.2) is 18.3 Å². The van der Waals surface area contributed by atoms with Gasteiger partial charge in [0.2, 0.25) is 0 Å². The summed E-state index contributed by atoms with van der Waals surface area (Å²) in [6.07, 6.45) is -5.50. The molecule has 5 nitrogen and oxygen atoms in total. The first-order chi connectivity index (χ1) is 14.8. The van der Waals surface area contributed by atoms with Crippen LogP contribution < -0.4 is 5.32 Å². The van der Waals surface area contributed by atoms with E-state index in [1.54, 1.807) is 0 Å². The number of aromatic nitrogens is 2. The first-order valence-electron chi connectivity index (χ1n) is 9.17. The predicted molar refractivity (Wildman–Crippen MR) is 109 cm³/mol. The summed E-state index contributed by atoms with van der Waals surface area (Å²) in [5.74, 6) is -2.28. The molecule has 2 aromatic carbocycles. The molecule has 1 N–H and O–H groups in total. The molecule has 3 aromatic rings. The van der Waals surface area contributed by atoms with Crippen molar-refractivity contribution in [2.45, 2.75) is 32.5 Å². The lowest BCUT2D eigenvalue weighted by Crippen LogP contribution is -2.28. The van der Waals surface area contributed by atoms with E-state index < -0.39 is 46.6 Å². The quantitative estimate of drug-likeness (QED) is 0.424. The Labute approximate surface area is 184 Å². The number of anilines is 1. The second-order valence-electron chi connectivity index (χ2n) is 7.73. The molecular formula is C21H17ClF5N3O2. The van der Waals surface area contributed by atoms with Crippen LogP contribution in [0.25, 0.3) is 16.8 Å². The van der Waals surface area contributed by atoms with Crippen molar-refractivity contribution in [2.24, 2.45) is 0 Å². The van der Waals surface area contributed by atoms with Crippen molar-refractivity contribution in [1.82, 2.24) is 9.78 Å². The van der Waals surface area contributed by atoms with Gasteiger partial charge in [0, 0.05) is 16.7 Å². The monoisotopic (exact) mass is 473 g/mol. The Morgan fingerprint density at radius 2 is 1.72 bits per heavy atom. The smallest absolute Gasteiger partial charge is 0.435 e. The largest absolute Gasteiger partial charge is 0.444 e. The van der Waals surface area contributed by atoms with Gasteiger partial charge in [-0.3, -0.25) is 5.32 Å². The minimum atomic E-state index is -5.06. The van der Waals surface area contributed by atoms with Gasteiger partial charge in [-0.15, -0.1) is 0 Å². The number of carbonyl (C=O) groups excluding carboxylic acids is 1. The zero-order valence-corrected chi connectivity index (χ0v) is 17.8. The lowest BCUT2D eigenvalue weighted by Gasteiger charge is -2.20. The van der Waals surface area contributed by atoms with Crippen molar-refractivity contribution < 1.29 is 31.5 Å². The SMILES string of the molecule is CC(C)(C)OC(=O)Nc1cnn(-c2c(F)cc(F)cc2-c2ccc(Cl)cc2)c1C(F)(F)F. The number of carbonyl (C=O) groups is 1. The third kappa shape index (κ3) is 5.18. The number of amides is 1. The summed E-state index contributed by atoms with van der Waals surface area (Å²) < 4.78 is 75.9. The van der Waals surface area contributed by atoms with Gasteiger partial charge in [0.1, 0.15) is 17.1 Å². The van der Waals surface area contributed by atoms with E-state index in [1.165, 1.54) is 45.0 Å². The van der Waals surface area contributed by atoms with Gasteiger partial charge in [-0.1, -0.05) is 23.7 Å². The van der Waals surface area contributed by atoms with E-state index >= 15 is 0 Å². The fraction of sp³-hybridized carbons (Fsp3) is 0.238. The molecule has 0 atom stereocenters. The van der Waals surface area contributed by atoms with Crippen LogP contribution in [0.3, 0.4) is 0 Å². The van der Waals surface area contributed by atoms with Crippen molar-refractivity contribution in [2.75, 3.05) is 5.32 Å². The van der Waals surface area contributed by atoms with E-state index in [-0.39, 0.29) is 15.8 Å². The molecule has 0 unspecified atom stereocenters. The summed E-state index contributed by atoms with van der Waals surface area (Å²) in [7, 11) is 0. The van der Waals surface area contributed by atoms with Crippen LogP contribution in [0.15, 0.2) is 42.6 Å². The third-order valence-corrected chi connectivity index (χ3v) is 4.32. The first kappa shape index (κ1) is 23.5. The molecule has 3 rings (SSSR count). The van der Waals surface area contributed by atoms with Crippen molar-refractivity contribution >= 4 is 23.4 Å². The number of hydrogen-bond donors (Lipinski definition) is 1. The fourth-order valence-corrected chi connectivity index (χ4v) is 3.05. The number of alkyl halides is 3. The number of nitrogens with one attached hydrogen (secondary N) is 1. The number of benzene rings is 2. The van der Waals surface area contributed by atoms with Gasteiger partial charge in [-0.05, 0) is 44.5 Å². The molecule has 0 aliphatic heterocycles. The van der Waals surface area contributed by atoms with Gasteiger partial charge in [0.15, 0.2) is 11.5 Å². The van der Waals surface area contributed by atoms with Crippen LogP contribution in [0, 0.1) is 11.6 Å². The molecule has 0 saturated heterocycles. The highest BCUT2D eigenvalue weighted by Crippen LogP contribution is 2.39. The van der Waals surface area contributed by atoms with E-state index in [0.29, 0.717) is 17.3 Å². The highest BCUT2D eigenvalue weighted by atomic mass is 35.5. The predicted octanol–water partition coefficient (Wildman–Crippen LogP) is 6.84. The maximum absolute atomic E-state index is 14.8. The average Bonchev–Trinajstić information content (AvgIpc) is 3.03. The molecule has 0 bridgehead atoms. The number of hydrogen-bond acceptors (Lipinski definition) is 3. The van der Waals surface area contributed by atoms with Gasteiger partial charge in [0.05, 0.1) is 11.9 Å². The maximum atomic E-state index is 14.8. The molecule has 1 heterocycles. The van der Waals surface area contributed by atoms with Crippen molar-refractivity contribution in [3.8, 4) is 16.8 Å². The van der Waals surface area contributed by atoms with E-state index in [4.69, 9.17) is 16.3 Å². The number of nitrogens with zero attached hydrogens (tertiary/aromatic N) is 2. The second kappa shape index (κ2) is 8.42. The molecule has 0 spiro atoms. The third-order valence-electron chi connectivity index (χ3n) is 4.07. The van der Waals surface area contributed by atoms with Gasteiger partial charge < -0.3 is 4.74 Å². The molecule has 32 heavy (non-hydrogen) atoms. The highest BCUT2D eigenvalue weighted by Gasteiger charge is 2.40. The summed E-state index contributed by atoms with van der Waals surface area (Å²) >= 11 is 5.83. The maximum Gasteiger partial charge on any atom is 0.435 e. The van der Waals surface area contributed by atoms with E-state index in [2.05, 4.69) is 5.10 Å². The minimum absolute atomic E-state index is 0.198. The number of rotatable bonds is 3. The summed E-state index contributed by atoms with van der Waals surface area (Å²) in [5, 5.41) is 5.94. The van der Waals surface area contributed by atoms with Crippen LogP contribution in [-0.2, 0) is 10.9 Å². The Hall–Kier alpha value is -3.14. The normalized spacial score (nSPS) is 12.0. The van der Waals surface area contributed by atoms with Crippen LogP contribution in [0.5, 0.6) is 0 Å². The van der Waals surface area contributed by atoms with Gasteiger partial charge in [0.25, 0.3) is 0 Å². The van der Waals surface area contributed by atoms with Crippen LogP contribution in [0.1, 0.15) is 26.5 Å². The molecule has 1 amide bonds. The Morgan fingerprint density at radius 3 is 2.28 bits per heavy atom. The second-order valence-corrected chi connectivity index (χ2v) is 8.17. The highest BCUT2D eigenvalue weighted by molar-refractivity contribution is 6.30. The minimum Gasteiger partial charge on any atom is -0.444 e. The molecule has 0 saturated carbocycles. The van der Waals surface area contributed by atoms with Gasteiger partial charge >= 0.3 is 12.3 Å². The summed E-state index contributed by atoms with van der Waals surface area (Å²) in [6, 6.07) is 6.97. The Bertz CT molecular complexity index is 1150. The lowest BCUT2D eigenvalue weighted by atomic mass is 10.0. The molecule has 0 fully saturated rings. The van der Waals surface area contributed by atoms with Crippen LogP contribution in [0.2, 0.25) is 5.02 Å². The van der Waals surface area contributed by atoms with Crippen LogP contribution in [0.4, 0.5) is 32.4 Å². The van der Waals surface area contributed by atoms with E-state index in [0.717, 1.165) is 6.07 Å². The molecule has 0 aliphatic carbocycles. The lowest BCUT2D eigenvalue weighted by molar-refractivity contribution is -0.142. The molecule has 170 valence electrons. The Kier molecular flexibility index (Phi) is 6.19. The van der Waals surface area contributed by atoms with Gasteiger partial charge in [-0.2, -0.15) is 18.3 Å². The Morgan fingerprint density at radius 1 is 1.09 bits per heavy atom. The number of ether oxygens (including phenoxy) is 1. The summed E-state index contributed by atoms with van der Waals surface area (Å²) in [5.41, 5.74) is -3.84. The number of halogens is 6. The fourth-order valence-electron chi connectivity index (χ4n) is 2.93. The molecule has 1 aromatic heterocycles. The zero-order chi connectivity index (χ0) is 23.8. The topological polar surface area (TPSA) is 56.1 Å². The summed E-state index contributed by atoms with van der Waals surface area (Å²) in [6.45, 7) is 4.60. The first-order valence-corrected chi connectivity index (χ1v) is 9.54.